The monoisotopic (exact) mass is 286 g/mol. The lowest BCUT2D eigenvalue weighted by atomic mass is 10.2. The number of thioether (sulfide) groups is 1. The summed E-state index contributed by atoms with van der Waals surface area (Å²) in [7, 11) is -2.96. The van der Waals surface area contributed by atoms with Gasteiger partial charge >= 0.3 is 0 Å². The van der Waals surface area contributed by atoms with E-state index < -0.39 is 9.84 Å². The second-order valence-corrected chi connectivity index (χ2v) is 8.19. The molecule has 0 spiro atoms. The van der Waals surface area contributed by atoms with E-state index in [1.54, 1.807) is 26.0 Å². The van der Waals surface area contributed by atoms with Gasteiger partial charge in [0.2, 0.25) is 0 Å². The van der Waals surface area contributed by atoms with E-state index in [4.69, 9.17) is 0 Å². The van der Waals surface area contributed by atoms with Gasteiger partial charge in [-0.3, -0.25) is 4.79 Å². The van der Waals surface area contributed by atoms with Crippen molar-refractivity contribution in [3.63, 3.8) is 0 Å². The van der Waals surface area contributed by atoms with E-state index in [-0.39, 0.29) is 16.8 Å². The number of sulfone groups is 1. The van der Waals surface area contributed by atoms with Crippen molar-refractivity contribution in [3.8, 4) is 0 Å². The summed E-state index contributed by atoms with van der Waals surface area (Å²) in [5, 5.41) is -0.321. The van der Waals surface area contributed by atoms with Gasteiger partial charge in [-0.05, 0) is 32.9 Å². The van der Waals surface area contributed by atoms with Crippen LogP contribution in [0.4, 0.5) is 0 Å². The molecule has 3 nitrogen and oxygen atoms in total. The van der Waals surface area contributed by atoms with Crippen LogP contribution < -0.4 is 0 Å². The van der Waals surface area contributed by atoms with Crippen molar-refractivity contribution in [2.75, 3.05) is 11.5 Å². The number of benzene rings is 1. The van der Waals surface area contributed by atoms with Crippen LogP contribution >= 0.6 is 11.8 Å². The van der Waals surface area contributed by atoms with E-state index in [2.05, 4.69) is 0 Å². The molecule has 0 aromatic heterocycles. The van der Waals surface area contributed by atoms with E-state index in [0.717, 1.165) is 4.90 Å². The standard InChI is InChI=1S/C13H18O3S2/c1-10(2)18(15,16)9-8-17-13-6-4-12(5-7-13)11(3)14/h4-7,10H,8-9H2,1-3H3. The molecule has 0 radical (unpaired) electrons. The van der Waals surface area contributed by atoms with Crippen LogP contribution in [0.1, 0.15) is 31.1 Å². The lowest BCUT2D eigenvalue weighted by Gasteiger charge is -2.07. The molecule has 1 rings (SSSR count). The Bertz CT molecular complexity index is 502. The van der Waals surface area contributed by atoms with E-state index in [1.165, 1.54) is 18.7 Å². The maximum atomic E-state index is 11.6. The normalized spacial score (nSPS) is 11.8. The molecule has 0 unspecified atom stereocenters. The number of hydrogen-bond acceptors (Lipinski definition) is 4. The zero-order valence-corrected chi connectivity index (χ0v) is 12.5. The minimum atomic E-state index is -2.96. The Labute approximate surface area is 113 Å². The first-order valence-electron chi connectivity index (χ1n) is 5.78. The second-order valence-electron chi connectivity index (χ2n) is 4.34. The number of carbonyl (C=O) groups excluding carboxylic acids is 1. The molecule has 0 heterocycles. The van der Waals surface area contributed by atoms with Gasteiger partial charge in [-0.2, -0.15) is 0 Å². The molecule has 0 saturated carbocycles. The molecule has 1 aromatic rings. The number of ketones is 1. The number of Topliss-reactive ketones (excluding diaryl/α,β-unsaturated/α-hetero) is 1. The third kappa shape index (κ3) is 4.46. The van der Waals surface area contributed by atoms with Crippen molar-refractivity contribution in [3.05, 3.63) is 29.8 Å². The molecule has 5 heteroatoms. The second kappa shape index (κ2) is 6.38. The van der Waals surface area contributed by atoms with Crippen LogP contribution in [0, 0.1) is 0 Å². The minimum absolute atomic E-state index is 0.0361. The van der Waals surface area contributed by atoms with Gasteiger partial charge in [0.25, 0.3) is 0 Å². The smallest absolute Gasteiger partial charge is 0.159 e. The molecule has 0 amide bonds. The van der Waals surface area contributed by atoms with Gasteiger partial charge in [0.1, 0.15) is 0 Å². The zero-order valence-electron chi connectivity index (χ0n) is 10.8. The SMILES string of the molecule is CC(=O)c1ccc(SCCS(=O)(=O)C(C)C)cc1. The Hall–Kier alpha value is -0.810. The van der Waals surface area contributed by atoms with E-state index in [1.807, 2.05) is 12.1 Å². The minimum Gasteiger partial charge on any atom is -0.295 e. The molecule has 0 fully saturated rings. The molecular formula is C13H18O3S2. The van der Waals surface area contributed by atoms with Gasteiger partial charge in [-0.1, -0.05) is 12.1 Å². The summed E-state index contributed by atoms with van der Waals surface area (Å²) < 4.78 is 23.2. The van der Waals surface area contributed by atoms with Gasteiger partial charge in [0.15, 0.2) is 15.6 Å². The predicted molar refractivity (Wildman–Crippen MR) is 76.1 cm³/mol. The Kier molecular flexibility index (Phi) is 5.41. The molecule has 0 N–H and O–H groups in total. The molecule has 0 bridgehead atoms. The average molecular weight is 286 g/mol. The summed E-state index contributed by atoms with van der Waals surface area (Å²) in [5.74, 6) is 0.762. The number of rotatable bonds is 6. The first kappa shape index (κ1) is 15.2. The summed E-state index contributed by atoms with van der Waals surface area (Å²) in [6.07, 6.45) is 0. The quantitative estimate of drug-likeness (QED) is 0.596. The van der Waals surface area contributed by atoms with Gasteiger partial charge in [0.05, 0.1) is 11.0 Å². The van der Waals surface area contributed by atoms with Crippen LogP contribution in [-0.4, -0.2) is 31.0 Å². The van der Waals surface area contributed by atoms with Gasteiger partial charge < -0.3 is 0 Å². The molecule has 1 aromatic carbocycles. The maximum Gasteiger partial charge on any atom is 0.159 e. The largest absolute Gasteiger partial charge is 0.295 e. The Balaban J connectivity index is 2.52. The van der Waals surface area contributed by atoms with Crippen molar-refractivity contribution >= 4 is 27.4 Å². The van der Waals surface area contributed by atoms with Gasteiger partial charge in [-0.15, -0.1) is 11.8 Å². The summed E-state index contributed by atoms with van der Waals surface area (Å²) >= 11 is 1.49. The zero-order chi connectivity index (χ0) is 13.8. The van der Waals surface area contributed by atoms with Crippen molar-refractivity contribution in [1.82, 2.24) is 0 Å². The molecule has 100 valence electrons. The summed E-state index contributed by atoms with van der Waals surface area (Å²) in [6.45, 7) is 4.92. The van der Waals surface area contributed by atoms with Crippen LogP contribution in [-0.2, 0) is 9.84 Å². The van der Waals surface area contributed by atoms with Crippen LogP contribution in [0.3, 0.4) is 0 Å². The number of carbonyl (C=O) groups is 1. The molecule has 0 aliphatic rings. The Morgan fingerprint density at radius 2 is 1.78 bits per heavy atom. The predicted octanol–water partition coefficient (Wildman–Crippen LogP) is 2.80. The van der Waals surface area contributed by atoms with Crippen molar-refractivity contribution in [2.45, 2.75) is 30.9 Å². The van der Waals surface area contributed by atoms with Crippen LogP contribution in [0.5, 0.6) is 0 Å². The summed E-state index contributed by atoms with van der Waals surface area (Å²) in [6, 6.07) is 7.23. The third-order valence-electron chi connectivity index (χ3n) is 2.62. The van der Waals surface area contributed by atoms with Crippen LogP contribution in [0.25, 0.3) is 0 Å². The van der Waals surface area contributed by atoms with Crippen molar-refractivity contribution in [1.29, 1.82) is 0 Å². The first-order valence-corrected chi connectivity index (χ1v) is 8.48. The molecular weight excluding hydrogens is 268 g/mol. The molecule has 18 heavy (non-hydrogen) atoms. The van der Waals surface area contributed by atoms with Gasteiger partial charge in [0, 0.05) is 16.2 Å². The highest BCUT2D eigenvalue weighted by atomic mass is 32.2. The first-order chi connectivity index (χ1) is 8.33. The fourth-order valence-electron chi connectivity index (χ4n) is 1.30. The van der Waals surface area contributed by atoms with Crippen molar-refractivity contribution in [2.24, 2.45) is 0 Å². The summed E-state index contributed by atoms with van der Waals surface area (Å²) in [5.41, 5.74) is 0.675. The molecule has 0 aliphatic heterocycles. The van der Waals surface area contributed by atoms with E-state index in [9.17, 15) is 13.2 Å². The molecule has 0 aliphatic carbocycles. The topological polar surface area (TPSA) is 51.2 Å². The lowest BCUT2D eigenvalue weighted by Crippen LogP contribution is -2.18. The van der Waals surface area contributed by atoms with Crippen molar-refractivity contribution < 1.29 is 13.2 Å². The highest BCUT2D eigenvalue weighted by molar-refractivity contribution is 8.00. The van der Waals surface area contributed by atoms with Gasteiger partial charge in [-0.25, -0.2) is 8.42 Å². The Morgan fingerprint density at radius 3 is 2.22 bits per heavy atom. The fourth-order valence-corrected chi connectivity index (χ4v) is 3.60. The average Bonchev–Trinajstić information content (AvgIpc) is 2.29. The highest BCUT2D eigenvalue weighted by Gasteiger charge is 2.15. The Morgan fingerprint density at radius 1 is 1.22 bits per heavy atom. The fraction of sp³-hybridized carbons (Fsp3) is 0.462. The highest BCUT2D eigenvalue weighted by Crippen LogP contribution is 2.19. The van der Waals surface area contributed by atoms with Crippen LogP contribution in [0.15, 0.2) is 29.2 Å². The third-order valence-corrected chi connectivity index (χ3v) is 6.10. The summed E-state index contributed by atoms with van der Waals surface area (Å²) in [4.78, 5) is 12.1. The molecule has 0 saturated heterocycles. The molecule has 0 atom stereocenters. The maximum absolute atomic E-state index is 11.6. The van der Waals surface area contributed by atoms with E-state index in [0.29, 0.717) is 11.3 Å². The van der Waals surface area contributed by atoms with Crippen LogP contribution in [0.2, 0.25) is 0 Å². The van der Waals surface area contributed by atoms with E-state index >= 15 is 0 Å². The lowest BCUT2D eigenvalue weighted by molar-refractivity contribution is 0.101. The number of hydrogen-bond donors (Lipinski definition) is 0.